The third-order valence-corrected chi connectivity index (χ3v) is 7.69. The minimum atomic E-state index is -0.984. The second kappa shape index (κ2) is 9.29. The Labute approximate surface area is 296 Å². The normalized spacial score (nSPS) is 20.1. The predicted molar refractivity (Wildman–Crippen MR) is 192 cm³/mol. The first-order valence-corrected chi connectivity index (χ1v) is 13.4. The average molecular weight is 597 g/mol. The van der Waals surface area contributed by atoms with Gasteiger partial charge in [-0.05, 0) is 88.9 Å². The van der Waals surface area contributed by atoms with Crippen LogP contribution in [-0.2, 0) is 0 Å². The van der Waals surface area contributed by atoms with Gasteiger partial charge in [0, 0.05) is 16.2 Å². The number of hydrogen-bond donors (Lipinski definition) is 0. The van der Waals surface area contributed by atoms with E-state index in [-0.39, 0.29) is 0 Å². The summed E-state index contributed by atoms with van der Waals surface area (Å²) in [6, 6.07) is -22.9. The molecular formula is C44H26O. The van der Waals surface area contributed by atoms with Gasteiger partial charge in [0.05, 0.1) is 35.6 Å². The Morgan fingerprint density at radius 1 is 0.378 bits per heavy atom. The zero-order chi connectivity index (χ0) is 52.1. The monoisotopic (exact) mass is 596 g/mol. The van der Waals surface area contributed by atoms with E-state index in [1.807, 2.05) is 0 Å². The second-order valence-corrected chi connectivity index (χ2v) is 10.0. The van der Waals surface area contributed by atoms with Gasteiger partial charge in [-0.25, -0.2) is 0 Å². The number of rotatable bonds is 2. The topological polar surface area (TPSA) is 13.1 Å². The summed E-state index contributed by atoms with van der Waals surface area (Å²) in [5, 5.41) is -7.05. The Bertz CT molecular complexity index is 4210. The third-order valence-electron chi connectivity index (χ3n) is 7.69. The molecule has 0 fully saturated rings. The summed E-state index contributed by atoms with van der Waals surface area (Å²) in [5.41, 5.74) is -3.94. The molecular weight excluding hydrogens is 544 g/mol. The van der Waals surface area contributed by atoms with Crippen LogP contribution in [0.25, 0.3) is 98.1 Å². The van der Waals surface area contributed by atoms with Crippen LogP contribution < -0.4 is 0 Å². The molecule has 10 aromatic rings. The highest BCUT2D eigenvalue weighted by atomic mass is 16.3. The van der Waals surface area contributed by atoms with Crippen molar-refractivity contribution < 1.29 is 40.1 Å². The van der Waals surface area contributed by atoms with Crippen molar-refractivity contribution in [2.45, 2.75) is 0 Å². The van der Waals surface area contributed by atoms with Crippen LogP contribution in [0.5, 0.6) is 0 Å². The SMILES string of the molecule is [2H]c1c(-c2c3c([2H])c([2H])c([2H])c([2H])c3c(-c3c([2H])c([2H])c([2H])c4c([2H])c([2H])c5c([2H])c([2H])c([2H])c([2H])c5c34)c3c([2H])c([2H])c([2H])c([2H])c23)c([2H])c2c(oc3c4c([2H])c([2H])c([2H])c([2H])c4c([2H])c([2H])c32)c1[2H]. The summed E-state index contributed by atoms with van der Waals surface area (Å²) in [5.74, 6) is 0. The van der Waals surface area contributed by atoms with Gasteiger partial charge < -0.3 is 4.42 Å². The van der Waals surface area contributed by atoms with Crippen LogP contribution in [0.4, 0.5) is 0 Å². The lowest BCUT2D eigenvalue weighted by Crippen LogP contribution is -1.92. The van der Waals surface area contributed by atoms with Crippen LogP contribution in [0.2, 0.25) is 0 Å². The van der Waals surface area contributed by atoms with Crippen molar-refractivity contribution in [1.29, 1.82) is 0 Å². The van der Waals surface area contributed by atoms with E-state index < -0.39 is 255 Å². The van der Waals surface area contributed by atoms with Gasteiger partial charge >= 0.3 is 0 Å². The Morgan fingerprint density at radius 2 is 0.933 bits per heavy atom. The van der Waals surface area contributed by atoms with Crippen LogP contribution in [0.1, 0.15) is 35.6 Å². The first kappa shape index (κ1) is 10.3. The van der Waals surface area contributed by atoms with Crippen LogP contribution in [0.3, 0.4) is 0 Å². The Kier molecular flexibility index (Phi) is 2.13. The molecule has 1 heteroatoms. The van der Waals surface area contributed by atoms with Crippen molar-refractivity contribution in [1.82, 2.24) is 0 Å². The Morgan fingerprint density at radius 3 is 1.67 bits per heavy atom. The van der Waals surface area contributed by atoms with E-state index in [4.69, 9.17) is 29.1 Å². The first-order chi connectivity index (χ1) is 33.2. The number of hydrogen-bond acceptors (Lipinski definition) is 1. The molecule has 0 N–H and O–H groups in total. The molecule has 0 spiro atoms. The molecule has 0 aliphatic carbocycles. The molecule has 0 bridgehead atoms. The summed E-state index contributed by atoms with van der Waals surface area (Å²) in [6.45, 7) is 0. The quantitative estimate of drug-likeness (QED) is 0.143. The number of fused-ring (bicyclic) bond motifs is 10. The molecule has 0 amide bonds. The van der Waals surface area contributed by atoms with E-state index in [2.05, 4.69) is 0 Å². The van der Waals surface area contributed by atoms with E-state index >= 15 is 0 Å². The maximum absolute atomic E-state index is 9.85. The molecule has 10 rings (SSSR count). The largest absolute Gasteiger partial charge is 0.455 e. The van der Waals surface area contributed by atoms with Gasteiger partial charge in [0.25, 0.3) is 0 Å². The van der Waals surface area contributed by atoms with Crippen molar-refractivity contribution in [3.05, 3.63) is 157 Å². The molecule has 0 atom stereocenters. The fourth-order valence-electron chi connectivity index (χ4n) is 5.82. The lowest BCUT2D eigenvalue weighted by molar-refractivity contribution is 0.672. The van der Waals surface area contributed by atoms with Gasteiger partial charge in [0.1, 0.15) is 11.2 Å². The maximum atomic E-state index is 9.85. The van der Waals surface area contributed by atoms with Crippen LogP contribution in [0.15, 0.2) is 162 Å². The lowest BCUT2D eigenvalue weighted by atomic mass is 9.84. The van der Waals surface area contributed by atoms with Crippen LogP contribution >= 0.6 is 0 Å². The summed E-state index contributed by atoms with van der Waals surface area (Å²) in [7, 11) is 0. The van der Waals surface area contributed by atoms with E-state index in [1.165, 1.54) is 0 Å². The van der Waals surface area contributed by atoms with Crippen molar-refractivity contribution >= 4 is 75.8 Å². The summed E-state index contributed by atoms with van der Waals surface area (Å²) < 4.78 is 241. The highest BCUT2D eigenvalue weighted by molar-refractivity contribution is 6.26. The van der Waals surface area contributed by atoms with E-state index in [9.17, 15) is 11.0 Å². The van der Waals surface area contributed by atoms with Gasteiger partial charge in [0.15, 0.2) is 0 Å². The van der Waals surface area contributed by atoms with Gasteiger partial charge in [-0.2, -0.15) is 0 Å². The summed E-state index contributed by atoms with van der Waals surface area (Å²) in [4.78, 5) is 0. The van der Waals surface area contributed by atoms with Gasteiger partial charge in [-0.15, -0.1) is 0 Å². The average Bonchev–Trinajstić information content (AvgIpc) is 3.75. The highest BCUT2D eigenvalue weighted by Crippen LogP contribution is 2.47. The molecule has 208 valence electrons. The number of furan rings is 1. The molecule has 0 saturated heterocycles. The molecule has 1 aromatic heterocycles. The highest BCUT2D eigenvalue weighted by Gasteiger charge is 2.20. The molecule has 0 aliphatic rings. The van der Waals surface area contributed by atoms with Gasteiger partial charge in [0.2, 0.25) is 0 Å². The molecule has 0 saturated carbocycles. The minimum absolute atomic E-state index is 0.407. The van der Waals surface area contributed by atoms with Crippen molar-refractivity contribution in [3.63, 3.8) is 0 Å². The standard InChI is InChI=1S/C44H26O/c1-3-13-31-27(10-1)20-21-29-12-9-19-38(41(29)31)43-35-17-7-5-15-33(35)42(34-16-6-8-18-36(34)43)30-23-25-40-39(26-30)37-24-22-28-11-2-4-14-32(28)44(37)45-40/h1-26H/i1D,2D,3D,4D,5D,6D,7D,8D,9D,10D,11D,12D,13D,14D,15D,16D,17D,18D,19D,20D,21D,22D,23D,24D,25D,26D. The van der Waals surface area contributed by atoms with Crippen molar-refractivity contribution in [2.75, 3.05) is 0 Å². The summed E-state index contributed by atoms with van der Waals surface area (Å²) >= 11 is 0. The Hall–Kier alpha value is -5.92. The Balaban J connectivity index is 1.56. The van der Waals surface area contributed by atoms with Crippen LogP contribution in [0, 0.1) is 0 Å². The van der Waals surface area contributed by atoms with E-state index in [1.54, 1.807) is 0 Å². The van der Waals surface area contributed by atoms with Crippen molar-refractivity contribution in [3.8, 4) is 22.3 Å². The molecule has 9 aromatic carbocycles. The maximum Gasteiger partial charge on any atom is 0.143 e. The lowest BCUT2D eigenvalue weighted by Gasteiger charge is -2.19. The van der Waals surface area contributed by atoms with E-state index in [0.717, 1.165) is 0 Å². The fourth-order valence-corrected chi connectivity index (χ4v) is 5.82. The van der Waals surface area contributed by atoms with E-state index in [0.29, 0.717) is 0 Å². The second-order valence-electron chi connectivity index (χ2n) is 10.0. The van der Waals surface area contributed by atoms with Gasteiger partial charge in [-0.3, -0.25) is 0 Å². The molecule has 0 unspecified atom stereocenters. The molecule has 45 heavy (non-hydrogen) atoms. The van der Waals surface area contributed by atoms with Crippen LogP contribution in [-0.4, -0.2) is 0 Å². The molecule has 1 heterocycles. The number of benzene rings is 9. The predicted octanol–water partition coefficient (Wildman–Crippen LogP) is 12.7. The molecule has 1 nitrogen and oxygen atoms in total. The zero-order valence-electron chi connectivity index (χ0n) is 48.4. The van der Waals surface area contributed by atoms with Gasteiger partial charge in [-0.1, -0.05) is 139 Å². The minimum Gasteiger partial charge on any atom is -0.455 e. The smallest absolute Gasteiger partial charge is 0.143 e. The summed E-state index contributed by atoms with van der Waals surface area (Å²) in [6.07, 6.45) is 0. The van der Waals surface area contributed by atoms with Crippen molar-refractivity contribution in [2.24, 2.45) is 0 Å². The first-order valence-electron chi connectivity index (χ1n) is 26.4. The third kappa shape index (κ3) is 3.50. The molecule has 0 radical (unpaired) electrons. The molecule has 0 aliphatic heterocycles. The zero-order valence-corrected chi connectivity index (χ0v) is 22.4. The fraction of sp³-hybridized carbons (Fsp3) is 0.